The van der Waals surface area contributed by atoms with Crippen molar-refractivity contribution >= 4 is 11.8 Å². The van der Waals surface area contributed by atoms with E-state index in [0.29, 0.717) is 11.5 Å². The van der Waals surface area contributed by atoms with Gasteiger partial charge < -0.3 is 14.5 Å². The van der Waals surface area contributed by atoms with Gasteiger partial charge in [0.05, 0.1) is 11.6 Å². The lowest BCUT2D eigenvalue weighted by molar-refractivity contribution is 0.0266. The summed E-state index contributed by atoms with van der Waals surface area (Å²) in [4.78, 5) is 16.1. The van der Waals surface area contributed by atoms with Gasteiger partial charge in [-0.3, -0.25) is 0 Å². The van der Waals surface area contributed by atoms with Gasteiger partial charge in [-0.25, -0.2) is 4.79 Å². The number of ether oxygens (including phenoxy) is 1. The molecule has 0 atom stereocenters. The lowest BCUT2D eigenvalue weighted by Crippen LogP contribution is -2.41. The van der Waals surface area contributed by atoms with Gasteiger partial charge in [0, 0.05) is 32.4 Å². The zero-order valence-corrected chi connectivity index (χ0v) is 15.1. The standard InChI is InChI=1S/C19H27N3O2/c1-19(2,3)24-18(23)21(4)14-16-9-11-22(12-10-16)17-7-5-15(13-20)6-8-17/h5-8,16H,9-12,14H2,1-4H3. The SMILES string of the molecule is CN(CC1CCN(c2ccc(C#N)cc2)CC1)C(=O)OC(C)(C)C. The Hall–Kier alpha value is -2.22. The molecule has 1 aromatic carbocycles. The maximum absolute atomic E-state index is 12.0. The number of nitriles is 1. The largest absolute Gasteiger partial charge is 0.444 e. The van der Waals surface area contributed by atoms with E-state index in [1.165, 1.54) is 0 Å². The first kappa shape index (κ1) is 18.1. The Balaban J connectivity index is 1.82. The van der Waals surface area contributed by atoms with Crippen LogP contribution in [0.15, 0.2) is 24.3 Å². The highest BCUT2D eigenvalue weighted by molar-refractivity contribution is 5.67. The Morgan fingerprint density at radius 1 is 1.29 bits per heavy atom. The molecule has 1 aliphatic heterocycles. The minimum absolute atomic E-state index is 0.253. The Labute approximate surface area is 144 Å². The molecule has 0 radical (unpaired) electrons. The van der Waals surface area contributed by atoms with E-state index >= 15 is 0 Å². The van der Waals surface area contributed by atoms with Gasteiger partial charge >= 0.3 is 6.09 Å². The zero-order valence-electron chi connectivity index (χ0n) is 15.1. The molecule has 0 saturated carbocycles. The highest BCUT2D eigenvalue weighted by Gasteiger charge is 2.25. The number of benzene rings is 1. The number of hydrogen-bond donors (Lipinski definition) is 0. The third-order valence-electron chi connectivity index (χ3n) is 4.21. The second kappa shape index (κ2) is 7.57. The molecule has 5 nitrogen and oxygen atoms in total. The number of hydrogen-bond acceptors (Lipinski definition) is 4. The molecule has 1 saturated heterocycles. The van der Waals surface area contributed by atoms with Gasteiger partial charge in [-0.2, -0.15) is 5.26 Å². The average Bonchev–Trinajstić information content (AvgIpc) is 2.54. The summed E-state index contributed by atoms with van der Waals surface area (Å²) in [7, 11) is 1.81. The summed E-state index contributed by atoms with van der Waals surface area (Å²) >= 11 is 0. The van der Waals surface area contributed by atoms with Gasteiger partial charge in [-0.1, -0.05) is 0 Å². The molecule has 0 aromatic heterocycles. The number of anilines is 1. The van der Waals surface area contributed by atoms with Crippen molar-refractivity contribution in [2.24, 2.45) is 5.92 Å². The van der Waals surface area contributed by atoms with E-state index in [2.05, 4.69) is 11.0 Å². The van der Waals surface area contributed by atoms with Crippen LogP contribution in [-0.4, -0.2) is 43.3 Å². The fourth-order valence-corrected chi connectivity index (χ4v) is 2.92. The summed E-state index contributed by atoms with van der Waals surface area (Å²) in [5, 5.41) is 8.87. The molecule has 130 valence electrons. The highest BCUT2D eigenvalue weighted by Crippen LogP contribution is 2.24. The second-order valence-electron chi connectivity index (χ2n) is 7.45. The molecular weight excluding hydrogens is 302 g/mol. The van der Waals surface area contributed by atoms with Crippen molar-refractivity contribution in [3.05, 3.63) is 29.8 Å². The van der Waals surface area contributed by atoms with Crippen LogP contribution in [0.3, 0.4) is 0 Å². The number of carbonyl (C=O) groups excluding carboxylic acids is 1. The van der Waals surface area contributed by atoms with Gasteiger partial charge in [0.1, 0.15) is 5.60 Å². The van der Waals surface area contributed by atoms with Crippen LogP contribution < -0.4 is 4.90 Å². The molecule has 1 aromatic rings. The van der Waals surface area contributed by atoms with E-state index in [1.807, 2.05) is 45.0 Å². The number of rotatable bonds is 3. The van der Waals surface area contributed by atoms with Gasteiger partial charge in [0.15, 0.2) is 0 Å². The smallest absolute Gasteiger partial charge is 0.410 e. The summed E-state index contributed by atoms with van der Waals surface area (Å²) in [6.45, 7) is 8.33. The van der Waals surface area contributed by atoms with Crippen LogP contribution in [0.2, 0.25) is 0 Å². The third-order valence-corrected chi connectivity index (χ3v) is 4.21. The number of amides is 1. The van der Waals surface area contributed by atoms with Crippen LogP contribution in [0.1, 0.15) is 39.2 Å². The molecule has 0 N–H and O–H groups in total. The Kier molecular flexibility index (Phi) is 5.71. The monoisotopic (exact) mass is 329 g/mol. The second-order valence-corrected chi connectivity index (χ2v) is 7.45. The Morgan fingerprint density at radius 3 is 2.38 bits per heavy atom. The molecule has 1 fully saturated rings. The summed E-state index contributed by atoms with van der Waals surface area (Å²) in [5.74, 6) is 0.497. The Morgan fingerprint density at radius 2 is 1.88 bits per heavy atom. The third kappa shape index (κ3) is 5.16. The van der Waals surface area contributed by atoms with E-state index in [9.17, 15) is 4.79 Å². The van der Waals surface area contributed by atoms with E-state index in [4.69, 9.17) is 10.00 Å². The summed E-state index contributed by atoms with van der Waals surface area (Å²) in [6.07, 6.45) is 1.84. The van der Waals surface area contributed by atoms with Crippen molar-refractivity contribution in [3.8, 4) is 6.07 Å². The fourth-order valence-electron chi connectivity index (χ4n) is 2.92. The van der Waals surface area contributed by atoms with Crippen molar-refractivity contribution in [3.63, 3.8) is 0 Å². The van der Waals surface area contributed by atoms with E-state index in [-0.39, 0.29) is 6.09 Å². The maximum Gasteiger partial charge on any atom is 0.410 e. The Bertz CT molecular complexity index is 591. The fraction of sp³-hybridized carbons (Fsp3) is 0.579. The van der Waals surface area contributed by atoms with Crippen molar-refractivity contribution < 1.29 is 9.53 Å². The van der Waals surface area contributed by atoms with Crippen LogP contribution in [0, 0.1) is 17.2 Å². The van der Waals surface area contributed by atoms with Crippen LogP contribution in [0.25, 0.3) is 0 Å². The first-order chi connectivity index (χ1) is 11.3. The predicted molar refractivity (Wildman–Crippen MR) is 95.0 cm³/mol. The highest BCUT2D eigenvalue weighted by atomic mass is 16.6. The van der Waals surface area contributed by atoms with Crippen molar-refractivity contribution in [1.82, 2.24) is 4.90 Å². The van der Waals surface area contributed by atoms with Crippen LogP contribution in [0.5, 0.6) is 0 Å². The first-order valence-electron chi connectivity index (χ1n) is 8.48. The van der Waals surface area contributed by atoms with E-state index in [0.717, 1.165) is 38.2 Å². The molecule has 0 aliphatic carbocycles. The zero-order chi connectivity index (χ0) is 17.7. The summed E-state index contributed by atoms with van der Waals surface area (Å²) in [6, 6.07) is 9.87. The number of nitrogens with zero attached hydrogens (tertiary/aromatic N) is 3. The molecule has 1 heterocycles. The quantitative estimate of drug-likeness (QED) is 0.849. The number of carbonyl (C=O) groups is 1. The maximum atomic E-state index is 12.0. The van der Waals surface area contributed by atoms with Crippen molar-refractivity contribution in [2.75, 3.05) is 31.6 Å². The lowest BCUT2D eigenvalue weighted by atomic mass is 9.96. The van der Waals surface area contributed by atoms with Gasteiger partial charge in [-0.15, -0.1) is 0 Å². The molecule has 1 amide bonds. The average molecular weight is 329 g/mol. The van der Waals surface area contributed by atoms with E-state index in [1.54, 1.807) is 11.9 Å². The first-order valence-corrected chi connectivity index (χ1v) is 8.48. The molecule has 1 aliphatic rings. The molecule has 0 unspecified atom stereocenters. The van der Waals surface area contributed by atoms with Gasteiger partial charge in [0.25, 0.3) is 0 Å². The summed E-state index contributed by atoms with van der Waals surface area (Å²) in [5.41, 5.74) is 1.39. The van der Waals surface area contributed by atoms with Crippen LogP contribution in [-0.2, 0) is 4.74 Å². The lowest BCUT2D eigenvalue weighted by Gasteiger charge is -2.35. The molecule has 0 spiro atoms. The molecular formula is C19H27N3O2. The minimum atomic E-state index is -0.454. The normalized spacial score (nSPS) is 15.7. The van der Waals surface area contributed by atoms with Crippen molar-refractivity contribution in [2.45, 2.75) is 39.2 Å². The minimum Gasteiger partial charge on any atom is -0.444 e. The van der Waals surface area contributed by atoms with Crippen LogP contribution in [0.4, 0.5) is 10.5 Å². The molecule has 24 heavy (non-hydrogen) atoms. The molecule has 0 bridgehead atoms. The molecule has 2 rings (SSSR count). The predicted octanol–water partition coefficient (Wildman–Crippen LogP) is 3.64. The number of piperidine rings is 1. The molecule has 5 heteroatoms. The van der Waals surface area contributed by atoms with E-state index < -0.39 is 5.60 Å². The van der Waals surface area contributed by atoms with Gasteiger partial charge in [-0.05, 0) is 63.8 Å². The van der Waals surface area contributed by atoms with Crippen LogP contribution >= 0.6 is 0 Å². The van der Waals surface area contributed by atoms with Crippen molar-refractivity contribution in [1.29, 1.82) is 5.26 Å². The summed E-state index contributed by atoms with van der Waals surface area (Å²) < 4.78 is 5.40. The topological polar surface area (TPSA) is 56.6 Å². The van der Waals surface area contributed by atoms with Gasteiger partial charge in [0.2, 0.25) is 0 Å².